The topological polar surface area (TPSA) is 74.2 Å². The van der Waals surface area contributed by atoms with Gasteiger partial charge in [-0.3, -0.25) is 5.32 Å². The molecule has 3 N–H and O–H groups in total. The van der Waals surface area contributed by atoms with E-state index in [0.29, 0.717) is 17.1 Å². The lowest BCUT2D eigenvalue weighted by Crippen LogP contribution is -2.20. The Labute approximate surface area is 116 Å². The Hall–Kier alpha value is -2.84. The van der Waals surface area contributed by atoms with Gasteiger partial charge in [0.15, 0.2) is 0 Å². The molecule has 0 aliphatic heterocycles. The summed E-state index contributed by atoms with van der Waals surface area (Å²) in [5.74, 6) is 5.67. The molecule has 0 radical (unpaired) electrons. The molecule has 2 rings (SSSR count). The fourth-order valence-electron chi connectivity index (χ4n) is 1.52. The highest BCUT2D eigenvalue weighted by atomic mass is 16.2. The lowest BCUT2D eigenvalue weighted by atomic mass is 10.2. The fraction of sp³-hybridized carbons (Fsp3) is 0.0667. The van der Waals surface area contributed by atoms with E-state index in [1.807, 2.05) is 18.2 Å². The molecule has 2 aromatic rings. The number of pyridine rings is 1. The lowest BCUT2D eigenvalue weighted by Gasteiger charge is -2.06. The predicted molar refractivity (Wildman–Crippen MR) is 77.3 cm³/mol. The number of urea groups is 1. The van der Waals surface area contributed by atoms with Gasteiger partial charge < -0.3 is 10.4 Å². The quantitative estimate of drug-likeness (QED) is 0.729. The number of rotatable bonds is 2. The van der Waals surface area contributed by atoms with Crippen LogP contribution in [0.25, 0.3) is 0 Å². The van der Waals surface area contributed by atoms with Crippen molar-refractivity contribution in [1.29, 1.82) is 0 Å². The van der Waals surface area contributed by atoms with E-state index in [2.05, 4.69) is 27.5 Å². The van der Waals surface area contributed by atoms with E-state index >= 15 is 0 Å². The van der Waals surface area contributed by atoms with Gasteiger partial charge in [0.05, 0.1) is 0 Å². The number of amides is 2. The molecule has 20 heavy (non-hydrogen) atoms. The molecular weight excluding hydrogens is 254 g/mol. The third-order valence-corrected chi connectivity index (χ3v) is 2.34. The molecular formula is C15H13N3O2. The first-order valence-electron chi connectivity index (χ1n) is 5.97. The van der Waals surface area contributed by atoms with Gasteiger partial charge in [0.1, 0.15) is 12.4 Å². The van der Waals surface area contributed by atoms with E-state index in [1.54, 1.807) is 30.5 Å². The van der Waals surface area contributed by atoms with Crippen LogP contribution < -0.4 is 10.6 Å². The van der Waals surface area contributed by atoms with Crippen molar-refractivity contribution in [3.8, 4) is 11.8 Å². The number of hydrogen-bond donors (Lipinski definition) is 3. The van der Waals surface area contributed by atoms with Crippen molar-refractivity contribution in [2.45, 2.75) is 0 Å². The van der Waals surface area contributed by atoms with Crippen LogP contribution in [0.3, 0.4) is 0 Å². The molecule has 1 aromatic carbocycles. The highest BCUT2D eigenvalue weighted by Crippen LogP contribution is 2.08. The van der Waals surface area contributed by atoms with E-state index < -0.39 is 0 Å². The van der Waals surface area contributed by atoms with Gasteiger partial charge >= 0.3 is 6.03 Å². The molecule has 0 fully saturated rings. The van der Waals surface area contributed by atoms with Crippen LogP contribution in [0.4, 0.5) is 16.3 Å². The van der Waals surface area contributed by atoms with Crippen molar-refractivity contribution < 1.29 is 9.90 Å². The minimum Gasteiger partial charge on any atom is -0.384 e. The average Bonchev–Trinajstić information content (AvgIpc) is 2.46. The smallest absolute Gasteiger partial charge is 0.324 e. The second kappa shape index (κ2) is 6.92. The van der Waals surface area contributed by atoms with E-state index in [4.69, 9.17) is 5.11 Å². The summed E-state index contributed by atoms with van der Waals surface area (Å²) in [5.41, 5.74) is 1.37. The molecule has 0 bridgehead atoms. The molecule has 1 aromatic heterocycles. The number of carbonyl (C=O) groups is 1. The Morgan fingerprint density at radius 2 is 2.00 bits per heavy atom. The molecule has 0 aliphatic rings. The van der Waals surface area contributed by atoms with Crippen molar-refractivity contribution >= 4 is 17.5 Å². The number of anilines is 2. The first kappa shape index (κ1) is 13.6. The Balaban J connectivity index is 2.01. The summed E-state index contributed by atoms with van der Waals surface area (Å²) in [6, 6.07) is 12.1. The summed E-state index contributed by atoms with van der Waals surface area (Å²) >= 11 is 0. The van der Waals surface area contributed by atoms with Gasteiger partial charge in [0.25, 0.3) is 0 Å². The largest absolute Gasteiger partial charge is 0.384 e. The van der Waals surface area contributed by atoms with Crippen LogP contribution in [-0.2, 0) is 0 Å². The first-order chi connectivity index (χ1) is 9.78. The van der Waals surface area contributed by atoms with Crippen LogP contribution >= 0.6 is 0 Å². The summed E-state index contributed by atoms with van der Waals surface area (Å²) in [7, 11) is 0. The SMILES string of the molecule is O=C(Nc1ccccc1)Nc1cc(C#CCO)ccn1. The molecule has 5 nitrogen and oxygen atoms in total. The molecule has 5 heteroatoms. The minimum atomic E-state index is -0.379. The van der Waals surface area contributed by atoms with Gasteiger partial charge in [0.2, 0.25) is 0 Å². The summed E-state index contributed by atoms with van der Waals surface area (Å²) in [6.07, 6.45) is 1.54. The standard InChI is InChI=1S/C15H13N3O2/c19-10-4-5-12-8-9-16-14(11-12)18-15(20)17-13-6-2-1-3-7-13/h1-3,6-9,11,19H,10H2,(H2,16,17,18,20). The van der Waals surface area contributed by atoms with Gasteiger partial charge in [-0.05, 0) is 24.3 Å². The zero-order valence-electron chi connectivity index (χ0n) is 10.6. The van der Waals surface area contributed by atoms with E-state index in [-0.39, 0.29) is 12.6 Å². The van der Waals surface area contributed by atoms with Crippen LogP contribution in [0.2, 0.25) is 0 Å². The Morgan fingerprint density at radius 1 is 1.20 bits per heavy atom. The van der Waals surface area contributed by atoms with Crippen LogP contribution in [0.15, 0.2) is 48.7 Å². The second-order valence-corrected chi connectivity index (χ2v) is 3.83. The number of para-hydroxylation sites is 1. The van der Waals surface area contributed by atoms with E-state index in [1.165, 1.54) is 0 Å². The minimum absolute atomic E-state index is 0.209. The van der Waals surface area contributed by atoms with Crippen LogP contribution in [-0.4, -0.2) is 22.7 Å². The van der Waals surface area contributed by atoms with Crippen LogP contribution in [0.1, 0.15) is 5.56 Å². The van der Waals surface area contributed by atoms with Gasteiger partial charge in [-0.15, -0.1) is 0 Å². The summed E-state index contributed by atoms with van der Waals surface area (Å²) in [4.78, 5) is 15.8. The highest BCUT2D eigenvalue weighted by molar-refractivity contribution is 5.99. The highest BCUT2D eigenvalue weighted by Gasteiger charge is 2.03. The Kier molecular flexibility index (Phi) is 4.70. The average molecular weight is 267 g/mol. The number of aliphatic hydroxyl groups is 1. The number of aliphatic hydroxyl groups excluding tert-OH is 1. The van der Waals surface area contributed by atoms with Crippen molar-refractivity contribution in [2.75, 3.05) is 17.2 Å². The molecule has 0 atom stereocenters. The molecule has 1 heterocycles. The summed E-state index contributed by atoms with van der Waals surface area (Å²) in [5, 5.41) is 13.9. The van der Waals surface area contributed by atoms with Gasteiger partial charge in [-0.2, -0.15) is 0 Å². The van der Waals surface area contributed by atoms with Crippen LogP contribution in [0, 0.1) is 11.8 Å². The molecule has 100 valence electrons. The van der Waals surface area contributed by atoms with E-state index in [0.717, 1.165) is 0 Å². The maximum atomic E-state index is 11.8. The normalized spacial score (nSPS) is 9.25. The zero-order chi connectivity index (χ0) is 14.2. The summed E-state index contributed by atoms with van der Waals surface area (Å²) < 4.78 is 0. The molecule has 0 spiro atoms. The van der Waals surface area contributed by atoms with Crippen molar-refractivity contribution in [3.05, 3.63) is 54.2 Å². The third kappa shape index (κ3) is 4.12. The molecule has 0 unspecified atom stereocenters. The number of nitrogens with zero attached hydrogens (tertiary/aromatic N) is 1. The number of carbonyl (C=O) groups excluding carboxylic acids is 1. The number of nitrogens with one attached hydrogen (secondary N) is 2. The van der Waals surface area contributed by atoms with Crippen LogP contribution in [0.5, 0.6) is 0 Å². The Morgan fingerprint density at radius 3 is 2.75 bits per heavy atom. The van der Waals surface area contributed by atoms with Crippen molar-refractivity contribution in [3.63, 3.8) is 0 Å². The summed E-state index contributed by atoms with van der Waals surface area (Å²) in [6.45, 7) is -0.209. The maximum absolute atomic E-state index is 11.8. The second-order valence-electron chi connectivity index (χ2n) is 3.83. The van der Waals surface area contributed by atoms with Crippen molar-refractivity contribution in [2.24, 2.45) is 0 Å². The van der Waals surface area contributed by atoms with Crippen molar-refractivity contribution in [1.82, 2.24) is 4.98 Å². The molecule has 2 amide bonds. The molecule has 0 saturated carbocycles. The zero-order valence-corrected chi connectivity index (χ0v) is 10.6. The third-order valence-electron chi connectivity index (χ3n) is 2.34. The molecule has 0 saturated heterocycles. The van der Waals surface area contributed by atoms with E-state index in [9.17, 15) is 4.79 Å². The van der Waals surface area contributed by atoms with Gasteiger partial charge in [-0.1, -0.05) is 30.0 Å². The fourth-order valence-corrected chi connectivity index (χ4v) is 1.52. The number of aromatic nitrogens is 1. The monoisotopic (exact) mass is 267 g/mol. The first-order valence-corrected chi connectivity index (χ1v) is 5.97. The maximum Gasteiger partial charge on any atom is 0.324 e. The van der Waals surface area contributed by atoms with Gasteiger partial charge in [0, 0.05) is 17.4 Å². The lowest BCUT2D eigenvalue weighted by molar-refractivity contribution is 0.262. The number of hydrogen-bond acceptors (Lipinski definition) is 3. The predicted octanol–water partition coefficient (Wildman–Crippen LogP) is 2.07. The molecule has 0 aliphatic carbocycles. The Bertz CT molecular complexity index is 645. The van der Waals surface area contributed by atoms with Gasteiger partial charge in [-0.25, -0.2) is 9.78 Å². The number of benzene rings is 1.